The molecule has 1 aliphatic carbocycles. The minimum Gasteiger partial charge on any atom is -0.365 e. The Kier molecular flexibility index (Phi) is 7.91. The molecule has 198 valence electrons. The maximum atomic E-state index is 13.2. The van der Waals surface area contributed by atoms with Crippen molar-refractivity contribution in [1.82, 2.24) is 19.9 Å². The minimum atomic E-state index is -4.39. The number of nitrogens with one attached hydrogen (secondary N) is 2. The number of aromatic nitrogens is 3. The summed E-state index contributed by atoms with van der Waals surface area (Å²) in [5.41, 5.74) is 0.0221. The van der Waals surface area contributed by atoms with Gasteiger partial charge in [-0.15, -0.1) is 0 Å². The summed E-state index contributed by atoms with van der Waals surface area (Å²) in [4.78, 5) is 13.7. The Bertz CT molecular complexity index is 1340. The van der Waals surface area contributed by atoms with Gasteiger partial charge in [0.15, 0.2) is 0 Å². The smallest absolute Gasteiger partial charge is 0.365 e. The van der Waals surface area contributed by atoms with Crippen LogP contribution in [-0.4, -0.2) is 54.4 Å². The van der Waals surface area contributed by atoms with Crippen LogP contribution in [0.1, 0.15) is 36.3 Å². The quantitative estimate of drug-likeness (QED) is 0.423. The van der Waals surface area contributed by atoms with E-state index >= 15 is 0 Å². The first-order valence-electron chi connectivity index (χ1n) is 11.5. The van der Waals surface area contributed by atoms with Gasteiger partial charge in [0.1, 0.15) is 22.9 Å². The fourth-order valence-electron chi connectivity index (χ4n) is 4.55. The molecule has 2 heterocycles. The highest BCUT2D eigenvalue weighted by Gasteiger charge is 2.35. The van der Waals surface area contributed by atoms with Crippen LogP contribution in [0, 0.1) is 0 Å². The summed E-state index contributed by atoms with van der Waals surface area (Å²) >= 11 is 6.41. The zero-order valence-electron chi connectivity index (χ0n) is 20.1. The molecular formula is C24H26ClF3N6O2S. The summed E-state index contributed by atoms with van der Waals surface area (Å²) in [7, 11) is -0.137. The number of nitrogens with zero attached hydrogens (tertiary/aromatic N) is 4. The second-order valence-electron chi connectivity index (χ2n) is 9.12. The fourth-order valence-corrected chi connectivity index (χ4v) is 5.82. The molecule has 4 rings (SSSR count). The largest absolute Gasteiger partial charge is 0.416 e. The predicted molar refractivity (Wildman–Crippen MR) is 135 cm³/mol. The Morgan fingerprint density at radius 2 is 1.89 bits per heavy atom. The van der Waals surface area contributed by atoms with Gasteiger partial charge in [0.2, 0.25) is 0 Å². The molecule has 1 aromatic carbocycles. The number of pyridine rings is 1. The SMILES string of the molecule is CN(C)[C@H]1C[C@@H](c2cccc(C(F)(F)F)c2)CC[C@@H]1Nc1ncc(S(=O)(=O)Nc2ccncn2)cc1Cl. The Morgan fingerprint density at radius 3 is 2.54 bits per heavy atom. The molecule has 0 amide bonds. The van der Waals surface area contributed by atoms with E-state index < -0.39 is 21.8 Å². The van der Waals surface area contributed by atoms with Gasteiger partial charge in [-0.3, -0.25) is 4.72 Å². The van der Waals surface area contributed by atoms with E-state index in [1.54, 1.807) is 6.07 Å². The normalized spacial score (nSPS) is 20.6. The van der Waals surface area contributed by atoms with Crippen LogP contribution in [0.15, 0.2) is 60.0 Å². The lowest BCUT2D eigenvalue weighted by Gasteiger charge is -2.40. The van der Waals surface area contributed by atoms with Crippen LogP contribution in [0.2, 0.25) is 5.02 Å². The molecule has 0 spiro atoms. The molecule has 1 fully saturated rings. The van der Waals surface area contributed by atoms with E-state index in [-0.39, 0.29) is 33.7 Å². The number of hydrogen-bond donors (Lipinski definition) is 2. The number of hydrogen-bond acceptors (Lipinski definition) is 7. The summed E-state index contributed by atoms with van der Waals surface area (Å²) in [6.07, 6.45) is 1.43. The molecule has 0 aliphatic heterocycles. The lowest BCUT2D eigenvalue weighted by Crippen LogP contribution is -2.47. The summed E-state index contributed by atoms with van der Waals surface area (Å²) in [6, 6.07) is 8.12. The zero-order chi connectivity index (χ0) is 26.8. The second-order valence-corrected chi connectivity index (χ2v) is 11.2. The van der Waals surface area contributed by atoms with Crippen molar-refractivity contribution in [2.24, 2.45) is 0 Å². The molecule has 2 aromatic heterocycles. The highest BCUT2D eigenvalue weighted by atomic mass is 35.5. The van der Waals surface area contributed by atoms with Crippen LogP contribution in [-0.2, 0) is 16.2 Å². The molecule has 1 aliphatic rings. The molecule has 37 heavy (non-hydrogen) atoms. The van der Waals surface area contributed by atoms with Gasteiger partial charge in [-0.25, -0.2) is 23.4 Å². The molecular weight excluding hydrogens is 529 g/mol. The van der Waals surface area contributed by atoms with Crippen LogP contribution in [0.3, 0.4) is 0 Å². The van der Waals surface area contributed by atoms with E-state index in [9.17, 15) is 21.6 Å². The topological polar surface area (TPSA) is 100 Å². The molecule has 2 N–H and O–H groups in total. The molecule has 0 bridgehead atoms. The van der Waals surface area contributed by atoms with Gasteiger partial charge in [0, 0.05) is 24.5 Å². The van der Waals surface area contributed by atoms with E-state index in [4.69, 9.17) is 11.6 Å². The summed E-state index contributed by atoms with van der Waals surface area (Å²) in [6.45, 7) is 0. The summed E-state index contributed by atoms with van der Waals surface area (Å²) in [5, 5.41) is 3.44. The van der Waals surface area contributed by atoms with E-state index in [1.165, 1.54) is 43.0 Å². The van der Waals surface area contributed by atoms with E-state index in [2.05, 4.69) is 25.0 Å². The van der Waals surface area contributed by atoms with Crippen molar-refractivity contribution in [2.45, 2.75) is 48.3 Å². The second kappa shape index (κ2) is 10.8. The highest BCUT2D eigenvalue weighted by Crippen LogP contribution is 2.39. The number of alkyl halides is 3. The minimum absolute atomic E-state index is 0.0194. The Hall–Kier alpha value is -2.96. The predicted octanol–water partition coefficient (Wildman–Crippen LogP) is 5.02. The van der Waals surface area contributed by atoms with E-state index in [0.29, 0.717) is 30.6 Å². The van der Waals surface area contributed by atoms with Crippen LogP contribution in [0.25, 0.3) is 0 Å². The molecule has 1 saturated carbocycles. The molecule has 0 unspecified atom stereocenters. The standard InChI is InChI=1S/C24H26ClF3N6O2S/c1-34(2)21-11-16(15-4-3-5-17(10-15)24(26,27)28)6-7-20(21)32-23-19(25)12-18(13-30-23)37(35,36)33-22-8-9-29-14-31-22/h3-5,8-10,12-14,16,20-21H,6-7,11H2,1-2H3,(H,30,32)(H,29,31,33)/t16-,20-,21-/m0/s1. The van der Waals surface area contributed by atoms with Crippen molar-refractivity contribution >= 4 is 33.3 Å². The Morgan fingerprint density at radius 1 is 1.11 bits per heavy atom. The van der Waals surface area contributed by atoms with Crippen molar-refractivity contribution in [1.29, 1.82) is 0 Å². The van der Waals surface area contributed by atoms with Crippen molar-refractivity contribution in [3.63, 3.8) is 0 Å². The van der Waals surface area contributed by atoms with Crippen molar-refractivity contribution in [3.8, 4) is 0 Å². The third kappa shape index (κ3) is 6.49. The van der Waals surface area contributed by atoms with Gasteiger partial charge in [-0.1, -0.05) is 29.8 Å². The lowest BCUT2D eigenvalue weighted by molar-refractivity contribution is -0.137. The number of halogens is 4. The summed E-state index contributed by atoms with van der Waals surface area (Å²) < 4.78 is 67.3. The maximum Gasteiger partial charge on any atom is 0.416 e. The monoisotopic (exact) mass is 554 g/mol. The van der Waals surface area contributed by atoms with Crippen molar-refractivity contribution < 1.29 is 21.6 Å². The molecule has 3 atom stereocenters. The van der Waals surface area contributed by atoms with Crippen molar-refractivity contribution in [3.05, 3.63) is 71.3 Å². The van der Waals surface area contributed by atoms with Gasteiger partial charge >= 0.3 is 6.18 Å². The van der Waals surface area contributed by atoms with Gasteiger partial charge in [0.25, 0.3) is 10.0 Å². The number of benzene rings is 1. The zero-order valence-corrected chi connectivity index (χ0v) is 21.6. The number of likely N-dealkylation sites (N-methyl/N-ethyl adjacent to an activating group) is 1. The van der Waals surface area contributed by atoms with Crippen LogP contribution in [0.4, 0.5) is 24.8 Å². The van der Waals surface area contributed by atoms with Crippen molar-refractivity contribution in [2.75, 3.05) is 24.1 Å². The first-order chi connectivity index (χ1) is 17.4. The third-order valence-electron chi connectivity index (χ3n) is 6.43. The third-order valence-corrected chi connectivity index (χ3v) is 8.04. The first-order valence-corrected chi connectivity index (χ1v) is 13.3. The van der Waals surface area contributed by atoms with Crippen LogP contribution >= 0.6 is 11.6 Å². The van der Waals surface area contributed by atoms with Crippen LogP contribution < -0.4 is 10.0 Å². The molecule has 0 radical (unpaired) electrons. The first kappa shape index (κ1) is 27.1. The number of sulfonamides is 1. The average Bonchev–Trinajstić information content (AvgIpc) is 2.85. The van der Waals surface area contributed by atoms with Gasteiger partial charge in [-0.05, 0) is 63.0 Å². The highest BCUT2D eigenvalue weighted by molar-refractivity contribution is 7.92. The average molecular weight is 555 g/mol. The molecule has 3 aromatic rings. The Balaban J connectivity index is 1.48. The molecule has 0 saturated heterocycles. The number of rotatable bonds is 7. The van der Waals surface area contributed by atoms with Gasteiger partial charge in [0.05, 0.1) is 10.6 Å². The molecule has 8 nitrogen and oxygen atoms in total. The Labute approximate surface area is 218 Å². The van der Waals surface area contributed by atoms with E-state index in [1.807, 2.05) is 19.0 Å². The van der Waals surface area contributed by atoms with Crippen LogP contribution in [0.5, 0.6) is 0 Å². The summed E-state index contributed by atoms with van der Waals surface area (Å²) in [5.74, 6) is 0.410. The lowest BCUT2D eigenvalue weighted by atomic mass is 9.78. The molecule has 13 heteroatoms. The fraction of sp³-hybridized carbons (Fsp3) is 0.375. The maximum absolute atomic E-state index is 13.2. The van der Waals surface area contributed by atoms with Gasteiger partial charge < -0.3 is 10.2 Å². The number of anilines is 2. The van der Waals surface area contributed by atoms with Gasteiger partial charge in [-0.2, -0.15) is 13.2 Å². The van der Waals surface area contributed by atoms with E-state index in [0.717, 1.165) is 6.07 Å².